The van der Waals surface area contributed by atoms with Crippen molar-refractivity contribution in [3.8, 4) is 17.1 Å². The number of hydrogen-bond donors (Lipinski definition) is 1. The number of ether oxygens (including phenoxy) is 1. The number of carbonyl (C=O) groups excluding carboxylic acids is 1. The maximum atomic E-state index is 14.3. The summed E-state index contributed by atoms with van der Waals surface area (Å²) in [5.74, 6) is 1.23. The van der Waals surface area contributed by atoms with Crippen molar-refractivity contribution in [3.63, 3.8) is 0 Å². The molecular formula is C27H28FN7O2. The van der Waals surface area contributed by atoms with Crippen molar-refractivity contribution >= 4 is 28.9 Å². The number of methoxy groups -OCH3 is 1. The molecule has 1 saturated heterocycles. The summed E-state index contributed by atoms with van der Waals surface area (Å²) in [6, 6.07) is 9.03. The Kier molecular flexibility index (Phi) is 5.86. The van der Waals surface area contributed by atoms with Gasteiger partial charge in [-0.05, 0) is 43.0 Å². The highest BCUT2D eigenvalue weighted by atomic mass is 19.1. The van der Waals surface area contributed by atoms with Crippen LogP contribution in [0.5, 0.6) is 5.75 Å². The van der Waals surface area contributed by atoms with Gasteiger partial charge >= 0.3 is 0 Å². The number of halogens is 1. The molecular weight excluding hydrogens is 473 g/mol. The Morgan fingerprint density at radius 1 is 1.11 bits per heavy atom. The minimum Gasteiger partial charge on any atom is -0.494 e. The minimum atomic E-state index is -0.373. The van der Waals surface area contributed by atoms with E-state index in [0.717, 1.165) is 54.3 Å². The van der Waals surface area contributed by atoms with Crippen molar-refractivity contribution in [2.75, 3.05) is 43.5 Å². The number of pyridine rings is 1. The number of carbonyl (C=O) groups is 1. The Hall–Kier alpha value is -4.21. The lowest BCUT2D eigenvalue weighted by atomic mass is 10.1. The predicted molar refractivity (Wildman–Crippen MR) is 139 cm³/mol. The van der Waals surface area contributed by atoms with Gasteiger partial charge in [-0.3, -0.25) is 9.20 Å². The summed E-state index contributed by atoms with van der Waals surface area (Å²) < 4.78 is 21.7. The highest BCUT2D eigenvalue weighted by Crippen LogP contribution is 2.44. The number of nitrogens with zero attached hydrogens (tertiary/aromatic N) is 6. The van der Waals surface area contributed by atoms with Gasteiger partial charge in [0.2, 0.25) is 11.9 Å². The average Bonchev–Trinajstić information content (AvgIpc) is 3.67. The third-order valence-corrected chi connectivity index (χ3v) is 7.09. The first-order chi connectivity index (χ1) is 18.0. The van der Waals surface area contributed by atoms with Crippen molar-refractivity contribution in [1.29, 1.82) is 0 Å². The van der Waals surface area contributed by atoms with Crippen LogP contribution in [-0.4, -0.2) is 63.4 Å². The SMILES string of the molecule is COc1cc(N2CCN(C(C)=O)CC2)ccc1Nc1ncc(C2CC2)c(-c2cnc3c(F)cccn23)n1. The fourth-order valence-electron chi connectivity index (χ4n) is 4.88. The number of aromatic nitrogens is 4. The standard InChI is InChI=1S/C27H28FN7O2/c1-17(36)33-10-12-34(13-11-33)19-7-8-22(24(14-19)37-2)31-27-30-15-20(18-5-6-18)25(32-27)23-16-29-26-21(28)4-3-9-35(23)26/h3-4,7-9,14-16,18H,5-6,10-13H2,1-2H3,(H,30,31,32). The maximum Gasteiger partial charge on any atom is 0.227 e. The van der Waals surface area contributed by atoms with Crippen molar-refractivity contribution in [2.45, 2.75) is 25.7 Å². The van der Waals surface area contributed by atoms with E-state index in [4.69, 9.17) is 9.72 Å². The first-order valence-corrected chi connectivity index (χ1v) is 12.5. The molecule has 0 spiro atoms. The molecule has 1 aliphatic carbocycles. The number of piperazine rings is 1. The van der Waals surface area contributed by atoms with Crippen molar-refractivity contribution in [3.05, 3.63) is 60.3 Å². The van der Waals surface area contributed by atoms with Gasteiger partial charge in [0.1, 0.15) is 5.75 Å². The van der Waals surface area contributed by atoms with E-state index in [1.54, 1.807) is 36.9 Å². The lowest BCUT2D eigenvalue weighted by molar-refractivity contribution is -0.129. The fourth-order valence-corrected chi connectivity index (χ4v) is 4.88. The van der Waals surface area contributed by atoms with Gasteiger partial charge in [-0.25, -0.2) is 19.3 Å². The molecule has 6 rings (SSSR count). The van der Waals surface area contributed by atoms with Crippen molar-refractivity contribution < 1.29 is 13.9 Å². The number of hydrogen-bond acceptors (Lipinski definition) is 7. The molecule has 2 aliphatic rings. The van der Waals surface area contributed by atoms with Gasteiger partial charge in [-0.15, -0.1) is 0 Å². The molecule has 4 heterocycles. The summed E-state index contributed by atoms with van der Waals surface area (Å²) in [5.41, 5.74) is 4.57. The first kappa shape index (κ1) is 23.2. The molecule has 1 aromatic carbocycles. The average molecular weight is 502 g/mol. The molecule has 0 radical (unpaired) electrons. The second kappa shape index (κ2) is 9.34. The zero-order valence-electron chi connectivity index (χ0n) is 20.8. The summed E-state index contributed by atoms with van der Waals surface area (Å²) in [4.78, 5) is 29.5. The second-order valence-electron chi connectivity index (χ2n) is 9.47. The number of nitrogens with one attached hydrogen (secondary N) is 1. The molecule has 3 aromatic heterocycles. The van der Waals surface area contributed by atoms with Crippen LogP contribution in [0.2, 0.25) is 0 Å². The quantitative estimate of drug-likeness (QED) is 0.423. The smallest absolute Gasteiger partial charge is 0.227 e. The molecule has 37 heavy (non-hydrogen) atoms. The molecule has 10 heteroatoms. The van der Waals surface area contributed by atoms with Crippen LogP contribution in [0.1, 0.15) is 31.2 Å². The third-order valence-electron chi connectivity index (χ3n) is 7.09. The summed E-state index contributed by atoms with van der Waals surface area (Å²) >= 11 is 0. The van der Waals surface area contributed by atoms with Gasteiger partial charge in [-0.1, -0.05) is 0 Å². The van der Waals surface area contributed by atoms with Crippen molar-refractivity contribution in [2.24, 2.45) is 0 Å². The molecule has 1 N–H and O–H groups in total. The predicted octanol–water partition coefficient (Wildman–Crippen LogP) is 4.23. The first-order valence-electron chi connectivity index (χ1n) is 12.5. The normalized spacial score (nSPS) is 15.8. The fraction of sp³-hybridized carbons (Fsp3) is 0.333. The monoisotopic (exact) mass is 501 g/mol. The maximum absolute atomic E-state index is 14.3. The van der Waals surface area contributed by atoms with E-state index in [9.17, 15) is 9.18 Å². The van der Waals surface area contributed by atoms with E-state index in [-0.39, 0.29) is 17.4 Å². The number of anilines is 3. The van der Waals surface area contributed by atoms with E-state index in [0.29, 0.717) is 30.7 Å². The zero-order valence-corrected chi connectivity index (χ0v) is 20.8. The van der Waals surface area contributed by atoms with Crippen LogP contribution >= 0.6 is 0 Å². The lowest BCUT2D eigenvalue weighted by Gasteiger charge is -2.35. The van der Waals surface area contributed by atoms with Crippen LogP contribution in [0.4, 0.5) is 21.7 Å². The highest BCUT2D eigenvalue weighted by molar-refractivity contribution is 5.74. The Balaban J connectivity index is 1.29. The second-order valence-corrected chi connectivity index (χ2v) is 9.47. The summed E-state index contributed by atoms with van der Waals surface area (Å²) in [5, 5.41) is 3.30. The van der Waals surface area contributed by atoms with Gasteiger partial charge in [-0.2, -0.15) is 0 Å². The minimum absolute atomic E-state index is 0.109. The molecule has 9 nitrogen and oxygen atoms in total. The van der Waals surface area contributed by atoms with E-state index in [1.165, 1.54) is 6.07 Å². The largest absolute Gasteiger partial charge is 0.494 e. The molecule has 0 bridgehead atoms. The molecule has 1 saturated carbocycles. The van der Waals surface area contributed by atoms with Crippen LogP contribution in [0.15, 0.2) is 48.9 Å². The van der Waals surface area contributed by atoms with E-state index >= 15 is 0 Å². The number of rotatable bonds is 6. The van der Waals surface area contributed by atoms with Crippen LogP contribution in [-0.2, 0) is 4.79 Å². The van der Waals surface area contributed by atoms with Crippen molar-refractivity contribution in [1.82, 2.24) is 24.3 Å². The van der Waals surface area contributed by atoms with Gasteiger partial charge in [0, 0.05) is 62.8 Å². The summed E-state index contributed by atoms with van der Waals surface area (Å²) in [7, 11) is 1.63. The number of benzene rings is 1. The number of fused-ring (bicyclic) bond motifs is 1. The Morgan fingerprint density at radius 3 is 2.65 bits per heavy atom. The van der Waals surface area contributed by atoms with Gasteiger partial charge in [0.15, 0.2) is 11.5 Å². The lowest BCUT2D eigenvalue weighted by Crippen LogP contribution is -2.48. The van der Waals surface area contributed by atoms with Gasteiger partial charge < -0.3 is 19.9 Å². The van der Waals surface area contributed by atoms with E-state index in [2.05, 4.69) is 20.2 Å². The van der Waals surface area contributed by atoms with E-state index in [1.807, 2.05) is 29.3 Å². The third kappa shape index (κ3) is 4.43. The Labute approximate surface area is 213 Å². The van der Waals surface area contributed by atoms with Crippen LogP contribution in [0.25, 0.3) is 17.0 Å². The molecule has 190 valence electrons. The topological polar surface area (TPSA) is 87.9 Å². The molecule has 0 atom stereocenters. The summed E-state index contributed by atoms with van der Waals surface area (Å²) in [6.07, 6.45) is 7.49. The molecule has 1 aliphatic heterocycles. The molecule has 1 amide bonds. The zero-order chi connectivity index (χ0) is 25.5. The molecule has 2 fully saturated rings. The van der Waals surface area contributed by atoms with Gasteiger partial charge in [0.25, 0.3) is 0 Å². The van der Waals surface area contributed by atoms with E-state index < -0.39 is 0 Å². The Bertz CT molecular complexity index is 1480. The molecule has 0 unspecified atom stereocenters. The van der Waals surface area contributed by atoms with Crippen LogP contribution in [0, 0.1) is 5.82 Å². The highest BCUT2D eigenvalue weighted by Gasteiger charge is 2.29. The number of amides is 1. The van der Waals surface area contributed by atoms with Crippen LogP contribution in [0.3, 0.4) is 0 Å². The van der Waals surface area contributed by atoms with Crippen LogP contribution < -0.4 is 15.0 Å². The molecule has 4 aromatic rings. The summed E-state index contributed by atoms with van der Waals surface area (Å²) in [6.45, 7) is 4.55. The Morgan fingerprint density at radius 2 is 1.92 bits per heavy atom. The van der Waals surface area contributed by atoms with Gasteiger partial charge in [0.05, 0.1) is 30.4 Å². The number of imidazole rings is 1.